The highest BCUT2D eigenvalue weighted by molar-refractivity contribution is 7.14. The van der Waals surface area contributed by atoms with E-state index in [9.17, 15) is 9.59 Å². The number of nitrogens with one attached hydrogen (secondary N) is 1. The van der Waals surface area contributed by atoms with Crippen LogP contribution in [-0.4, -0.2) is 37.2 Å². The van der Waals surface area contributed by atoms with Crippen molar-refractivity contribution >= 4 is 33.9 Å². The van der Waals surface area contributed by atoms with Crippen LogP contribution >= 0.6 is 11.3 Å². The van der Waals surface area contributed by atoms with Gasteiger partial charge in [-0.3, -0.25) is 4.79 Å². The van der Waals surface area contributed by atoms with Gasteiger partial charge >= 0.3 is 5.97 Å². The molecule has 0 atom stereocenters. The van der Waals surface area contributed by atoms with Gasteiger partial charge in [-0.25, -0.2) is 9.78 Å². The zero-order valence-electron chi connectivity index (χ0n) is 12.0. The van der Waals surface area contributed by atoms with Crippen molar-refractivity contribution in [3.63, 3.8) is 0 Å². The van der Waals surface area contributed by atoms with Crippen LogP contribution in [0.4, 0.5) is 5.13 Å². The summed E-state index contributed by atoms with van der Waals surface area (Å²) in [5.74, 6) is -0.330. The van der Waals surface area contributed by atoms with Crippen LogP contribution in [-0.2, 0) is 19.1 Å². The van der Waals surface area contributed by atoms with Crippen LogP contribution in [0.5, 0.6) is 0 Å². The molecule has 1 saturated heterocycles. The highest BCUT2D eigenvalue weighted by Gasteiger charge is 2.20. The summed E-state index contributed by atoms with van der Waals surface area (Å²) < 4.78 is 10.2. The van der Waals surface area contributed by atoms with E-state index < -0.39 is 5.97 Å². The lowest BCUT2D eigenvalue weighted by Gasteiger charge is -2.19. The molecule has 1 aromatic heterocycles. The van der Waals surface area contributed by atoms with Crippen molar-refractivity contribution in [3.05, 3.63) is 17.2 Å². The summed E-state index contributed by atoms with van der Waals surface area (Å²) in [6.07, 6.45) is 3.66. The molecule has 2 rings (SSSR count). The number of methoxy groups -OCH3 is 1. The summed E-state index contributed by atoms with van der Waals surface area (Å²) in [7, 11) is 1.35. The molecule has 0 bridgehead atoms. The number of nitrogens with zero attached hydrogens (tertiary/aromatic N) is 1. The third-order valence-corrected chi connectivity index (χ3v) is 3.89. The minimum absolute atomic E-state index is 0.191. The Morgan fingerprint density at radius 3 is 2.81 bits per heavy atom. The van der Waals surface area contributed by atoms with Crippen molar-refractivity contribution in [1.82, 2.24) is 4.98 Å². The molecule has 2 heterocycles. The van der Waals surface area contributed by atoms with Gasteiger partial charge in [-0.1, -0.05) is 6.08 Å². The highest BCUT2D eigenvalue weighted by atomic mass is 32.1. The predicted octanol–water partition coefficient (Wildman–Crippen LogP) is 2.08. The second-order valence-electron chi connectivity index (χ2n) is 4.74. The lowest BCUT2D eigenvalue weighted by Crippen LogP contribution is -2.15. The molecular weight excluding hydrogens is 292 g/mol. The zero-order chi connectivity index (χ0) is 15.2. The van der Waals surface area contributed by atoms with Crippen LogP contribution in [0.2, 0.25) is 0 Å². The molecule has 1 amide bonds. The van der Waals surface area contributed by atoms with Gasteiger partial charge in [0.2, 0.25) is 5.91 Å². The zero-order valence-corrected chi connectivity index (χ0v) is 12.9. The van der Waals surface area contributed by atoms with E-state index in [4.69, 9.17) is 9.47 Å². The van der Waals surface area contributed by atoms with Crippen molar-refractivity contribution in [2.24, 2.45) is 5.92 Å². The maximum absolute atomic E-state index is 12.0. The van der Waals surface area contributed by atoms with E-state index in [1.165, 1.54) is 25.4 Å². The molecule has 7 heteroatoms. The van der Waals surface area contributed by atoms with Gasteiger partial charge in [0, 0.05) is 25.5 Å². The van der Waals surface area contributed by atoms with E-state index in [-0.39, 0.29) is 11.8 Å². The van der Waals surface area contributed by atoms with E-state index in [1.54, 1.807) is 5.38 Å². The van der Waals surface area contributed by atoms with Gasteiger partial charge in [-0.2, -0.15) is 0 Å². The lowest BCUT2D eigenvalue weighted by atomic mass is 9.96. The number of aromatic nitrogens is 1. The number of ether oxygens (including phenoxy) is 2. The standard InChI is InChI=1S/C14H18N2O4S/c1-9(17)15-14-16-12(8-21-14)11(13(18)19-2)7-10-3-5-20-6-4-10/h7-8,10H,3-6H2,1-2H3,(H,15,16,17)/b11-7+. The summed E-state index contributed by atoms with van der Waals surface area (Å²) >= 11 is 1.28. The van der Waals surface area contributed by atoms with Crippen molar-refractivity contribution in [1.29, 1.82) is 0 Å². The summed E-state index contributed by atoms with van der Waals surface area (Å²) in [5.41, 5.74) is 0.972. The molecular formula is C14H18N2O4S. The minimum Gasteiger partial charge on any atom is -0.465 e. The number of anilines is 1. The first kappa shape index (κ1) is 15.7. The number of carbonyl (C=O) groups is 2. The van der Waals surface area contributed by atoms with E-state index in [1.807, 2.05) is 6.08 Å². The number of carbonyl (C=O) groups excluding carboxylic acids is 2. The fraction of sp³-hybridized carbons (Fsp3) is 0.500. The molecule has 1 N–H and O–H groups in total. The van der Waals surface area contributed by atoms with Gasteiger partial charge in [0.1, 0.15) is 0 Å². The fourth-order valence-corrected chi connectivity index (χ4v) is 2.85. The fourth-order valence-electron chi connectivity index (χ4n) is 2.09. The molecule has 0 radical (unpaired) electrons. The first-order valence-corrected chi connectivity index (χ1v) is 7.59. The van der Waals surface area contributed by atoms with Crippen molar-refractivity contribution in [2.75, 3.05) is 25.6 Å². The van der Waals surface area contributed by atoms with Crippen LogP contribution in [0, 0.1) is 5.92 Å². The Balaban J connectivity index is 2.22. The number of amides is 1. The molecule has 1 aromatic rings. The molecule has 1 aliphatic rings. The van der Waals surface area contributed by atoms with E-state index in [0.717, 1.165) is 12.8 Å². The number of thiazole rings is 1. The van der Waals surface area contributed by atoms with E-state index in [2.05, 4.69) is 10.3 Å². The third-order valence-electron chi connectivity index (χ3n) is 3.14. The number of esters is 1. The Labute approximate surface area is 127 Å². The average Bonchev–Trinajstić information content (AvgIpc) is 2.92. The minimum atomic E-state index is -0.416. The number of allylic oxidation sites excluding steroid dienone is 1. The van der Waals surface area contributed by atoms with Crippen molar-refractivity contribution in [2.45, 2.75) is 19.8 Å². The van der Waals surface area contributed by atoms with Crippen LogP contribution in [0.3, 0.4) is 0 Å². The SMILES string of the molecule is COC(=O)/C(=C/C1CCOCC1)c1csc(NC(C)=O)n1. The molecule has 0 spiro atoms. The smallest absolute Gasteiger partial charge is 0.339 e. The number of hydrogen-bond acceptors (Lipinski definition) is 6. The summed E-state index contributed by atoms with van der Waals surface area (Å²) in [6.45, 7) is 2.81. The number of hydrogen-bond donors (Lipinski definition) is 1. The quantitative estimate of drug-likeness (QED) is 0.680. The third kappa shape index (κ3) is 4.37. The van der Waals surface area contributed by atoms with E-state index in [0.29, 0.717) is 29.6 Å². The molecule has 0 unspecified atom stereocenters. The topological polar surface area (TPSA) is 77.5 Å². The van der Waals surface area contributed by atoms with Gasteiger partial charge in [-0.15, -0.1) is 11.3 Å². The van der Waals surface area contributed by atoms with Gasteiger partial charge in [0.25, 0.3) is 0 Å². The average molecular weight is 310 g/mol. The molecule has 1 fully saturated rings. The van der Waals surface area contributed by atoms with Crippen molar-refractivity contribution in [3.8, 4) is 0 Å². The lowest BCUT2D eigenvalue weighted by molar-refractivity contribution is -0.133. The molecule has 21 heavy (non-hydrogen) atoms. The van der Waals surface area contributed by atoms with Crippen LogP contribution in [0.25, 0.3) is 5.57 Å². The Hall–Kier alpha value is -1.73. The highest BCUT2D eigenvalue weighted by Crippen LogP contribution is 2.26. The van der Waals surface area contributed by atoms with Gasteiger partial charge in [0.05, 0.1) is 18.4 Å². The molecule has 0 saturated carbocycles. The van der Waals surface area contributed by atoms with Gasteiger partial charge in [-0.05, 0) is 18.8 Å². The van der Waals surface area contributed by atoms with Gasteiger partial charge < -0.3 is 14.8 Å². The Morgan fingerprint density at radius 1 is 1.48 bits per heavy atom. The molecule has 0 aromatic carbocycles. The van der Waals surface area contributed by atoms with Crippen LogP contribution < -0.4 is 5.32 Å². The second-order valence-corrected chi connectivity index (χ2v) is 5.60. The molecule has 0 aliphatic carbocycles. The normalized spacial score (nSPS) is 16.6. The summed E-state index contributed by atoms with van der Waals surface area (Å²) in [6, 6.07) is 0. The first-order chi connectivity index (χ1) is 10.1. The molecule has 1 aliphatic heterocycles. The number of rotatable bonds is 4. The largest absolute Gasteiger partial charge is 0.465 e. The maximum Gasteiger partial charge on any atom is 0.339 e. The molecule has 6 nitrogen and oxygen atoms in total. The Morgan fingerprint density at radius 2 is 2.19 bits per heavy atom. The first-order valence-electron chi connectivity index (χ1n) is 6.71. The monoisotopic (exact) mass is 310 g/mol. The summed E-state index contributed by atoms with van der Waals surface area (Å²) in [4.78, 5) is 27.3. The van der Waals surface area contributed by atoms with E-state index >= 15 is 0 Å². The van der Waals surface area contributed by atoms with Crippen molar-refractivity contribution < 1.29 is 19.1 Å². The Bertz CT molecular complexity index is 547. The summed E-state index contributed by atoms with van der Waals surface area (Å²) in [5, 5.41) is 4.82. The predicted molar refractivity (Wildman–Crippen MR) is 80.0 cm³/mol. The second kappa shape index (κ2) is 7.33. The molecule has 114 valence electrons. The van der Waals surface area contributed by atoms with Crippen LogP contribution in [0.1, 0.15) is 25.5 Å². The Kier molecular flexibility index (Phi) is 5.46. The van der Waals surface area contributed by atoms with Crippen LogP contribution in [0.15, 0.2) is 11.5 Å². The van der Waals surface area contributed by atoms with Gasteiger partial charge in [0.15, 0.2) is 5.13 Å². The maximum atomic E-state index is 12.0.